The largest absolute Gasteiger partial charge is 0.481 e. The summed E-state index contributed by atoms with van der Waals surface area (Å²) in [7, 11) is 1.56. The molecule has 1 heterocycles. The van der Waals surface area contributed by atoms with Crippen molar-refractivity contribution in [3.8, 4) is 0 Å². The molecule has 0 radical (unpaired) electrons. The van der Waals surface area contributed by atoms with E-state index in [2.05, 4.69) is 20.8 Å². The standard InChI is InChI=1S/C12H18N4O4S2/c1-13-9(18)7-21-12-16-15-11(22-12)14-8(17)5-3-2-4-6-10(19)20/h2-7H2,1H3,(H,13,18)(H,19,20)(H,14,15,17). The zero-order valence-corrected chi connectivity index (χ0v) is 13.8. The van der Waals surface area contributed by atoms with Gasteiger partial charge >= 0.3 is 5.97 Å². The summed E-state index contributed by atoms with van der Waals surface area (Å²) in [5.41, 5.74) is 0. The molecule has 0 aliphatic rings. The third kappa shape index (κ3) is 7.93. The summed E-state index contributed by atoms with van der Waals surface area (Å²) < 4.78 is 0.611. The molecular weight excluding hydrogens is 328 g/mol. The van der Waals surface area contributed by atoms with Crippen LogP contribution in [-0.2, 0) is 14.4 Å². The van der Waals surface area contributed by atoms with Crippen molar-refractivity contribution in [2.24, 2.45) is 0 Å². The Labute approximate surface area is 136 Å². The maximum atomic E-state index is 11.7. The van der Waals surface area contributed by atoms with Crippen LogP contribution in [0.15, 0.2) is 4.34 Å². The van der Waals surface area contributed by atoms with Crippen LogP contribution in [-0.4, -0.2) is 45.9 Å². The Morgan fingerprint density at radius 3 is 2.55 bits per heavy atom. The van der Waals surface area contributed by atoms with E-state index in [9.17, 15) is 14.4 Å². The van der Waals surface area contributed by atoms with E-state index >= 15 is 0 Å². The normalized spacial score (nSPS) is 10.2. The number of amides is 2. The first-order valence-electron chi connectivity index (χ1n) is 6.69. The van der Waals surface area contributed by atoms with Crippen LogP contribution < -0.4 is 10.6 Å². The highest BCUT2D eigenvalue weighted by Gasteiger charge is 2.10. The summed E-state index contributed by atoms with van der Waals surface area (Å²) in [6.45, 7) is 0. The predicted molar refractivity (Wildman–Crippen MR) is 84.1 cm³/mol. The lowest BCUT2D eigenvalue weighted by atomic mass is 10.1. The quantitative estimate of drug-likeness (QED) is 0.332. The molecule has 122 valence electrons. The van der Waals surface area contributed by atoms with Gasteiger partial charge in [0, 0.05) is 19.9 Å². The van der Waals surface area contributed by atoms with E-state index in [0.717, 1.165) is 0 Å². The van der Waals surface area contributed by atoms with Crippen LogP contribution in [0.4, 0.5) is 5.13 Å². The minimum Gasteiger partial charge on any atom is -0.481 e. The molecule has 1 aromatic heterocycles. The third-order valence-electron chi connectivity index (χ3n) is 2.55. The van der Waals surface area contributed by atoms with E-state index in [1.165, 1.54) is 23.1 Å². The number of rotatable bonds is 10. The van der Waals surface area contributed by atoms with Crippen LogP contribution in [0.2, 0.25) is 0 Å². The molecule has 0 spiro atoms. The molecule has 0 aliphatic heterocycles. The van der Waals surface area contributed by atoms with Crippen molar-refractivity contribution < 1.29 is 19.5 Å². The Morgan fingerprint density at radius 1 is 1.14 bits per heavy atom. The van der Waals surface area contributed by atoms with Gasteiger partial charge in [-0.1, -0.05) is 29.5 Å². The van der Waals surface area contributed by atoms with Gasteiger partial charge in [-0.05, 0) is 12.8 Å². The smallest absolute Gasteiger partial charge is 0.303 e. The minimum atomic E-state index is -0.819. The minimum absolute atomic E-state index is 0.104. The number of aromatic nitrogens is 2. The van der Waals surface area contributed by atoms with Gasteiger partial charge in [0.1, 0.15) is 0 Å². The molecule has 22 heavy (non-hydrogen) atoms. The molecule has 0 aromatic carbocycles. The van der Waals surface area contributed by atoms with Crippen LogP contribution >= 0.6 is 23.1 Å². The molecule has 0 saturated carbocycles. The molecule has 2 amide bonds. The van der Waals surface area contributed by atoms with E-state index in [1.54, 1.807) is 7.05 Å². The molecule has 0 fully saturated rings. The molecule has 1 rings (SSSR count). The summed E-state index contributed by atoms with van der Waals surface area (Å²) in [5, 5.41) is 21.7. The number of hydrogen-bond donors (Lipinski definition) is 3. The number of nitrogens with one attached hydrogen (secondary N) is 2. The van der Waals surface area contributed by atoms with Gasteiger partial charge in [0.05, 0.1) is 5.75 Å². The SMILES string of the molecule is CNC(=O)CSc1nnc(NC(=O)CCCCCC(=O)O)s1. The number of thioether (sulfide) groups is 1. The second-order valence-electron chi connectivity index (χ2n) is 4.34. The van der Waals surface area contributed by atoms with Crippen molar-refractivity contribution in [2.45, 2.75) is 36.4 Å². The van der Waals surface area contributed by atoms with E-state index in [1.807, 2.05) is 0 Å². The Hall–Kier alpha value is -1.68. The van der Waals surface area contributed by atoms with Gasteiger partial charge in [-0.2, -0.15) is 0 Å². The molecule has 1 aromatic rings. The van der Waals surface area contributed by atoms with Crippen molar-refractivity contribution >= 4 is 46.0 Å². The van der Waals surface area contributed by atoms with Gasteiger partial charge < -0.3 is 15.7 Å². The molecule has 10 heteroatoms. The van der Waals surface area contributed by atoms with Crippen LogP contribution in [0.25, 0.3) is 0 Å². The summed E-state index contributed by atoms with van der Waals surface area (Å²) in [6.07, 6.45) is 2.35. The van der Waals surface area contributed by atoms with Crippen LogP contribution in [0.5, 0.6) is 0 Å². The Balaban J connectivity index is 2.23. The van der Waals surface area contributed by atoms with E-state index in [4.69, 9.17) is 5.11 Å². The molecule has 0 aliphatic carbocycles. The summed E-state index contributed by atoms with van der Waals surface area (Å²) in [6, 6.07) is 0. The Kier molecular flexibility index (Phi) is 8.44. The van der Waals surface area contributed by atoms with E-state index < -0.39 is 5.97 Å². The first-order chi connectivity index (χ1) is 10.5. The van der Waals surface area contributed by atoms with Crippen molar-refractivity contribution in [1.29, 1.82) is 0 Å². The lowest BCUT2D eigenvalue weighted by molar-refractivity contribution is -0.137. The topological polar surface area (TPSA) is 121 Å². The number of carboxylic acid groups (broad SMARTS) is 1. The molecule has 8 nitrogen and oxygen atoms in total. The maximum Gasteiger partial charge on any atom is 0.303 e. The number of unbranched alkanes of at least 4 members (excludes halogenated alkanes) is 2. The second-order valence-corrected chi connectivity index (χ2v) is 6.54. The Bertz CT molecular complexity index is 521. The molecule has 3 N–H and O–H groups in total. The molecular formula is C12H18N4O4S2. The zero-order valence-electron chi connectivity index (χ0n) is 12.1. The highest BCUT2D eigenvalue weighted by Crippen LogP contribution is 2.25. The van der Waals surface area contributed by atoms with Crippen LogP contribution in [0.3, 0.4) is 0 Å². The van der Waals surface area contributed by atoms with E-state index in [0.29, 0.717) is 35.2 Å². The van der Waals surface area contributed by atoms with Crippen molar-refractivity contribution in [1.82, 2.24) is 15.5 Å². The van der Waals surface area contributed by atoms with Crippen molar-refractivity contribution in [3.63, 3.8) is 0 Å². The third-order valence-corrected chi connectivity index (χ3v) is 4.52. The second kappa shape index (κ2) is 10.1. The van der Waals surface area contributed by atoms with Crippen LogP contribution in [0, 0.1) is 0 Å². The van der Waals surface area contributed by atoms with Crippen molar-refractivity contribution in [3.05, 3.63) is 0 Å². The molecule has 0 bridgehead atoms. The van der Waals surface area contributed by atoms with E-state index in [-0.39, 0.29) is 24.0 Å². The fourth-order valence-corrected chi connectivity index (χ4v) is 3.08. The van der Waals surface area contributed by atoms with Gasteiger partial charge in [0.25, 0.3) is 0 Å². The first-order valence-corrected chi connectivity index (χ1v) is 8.50. The number of carbonyl (C=O) groups is 3. The highest BCUT2D eigenvalue weighted by molar-refractivity contribution is 8.01. The Morgan fingerprint density at radius 2 is 1.86 bits per heavy atom. The number of nitrogens with zero attached hydrogens (tertiary/aromatic N) is 2. The first kappa shape index (κ1) is 18.4. The number of carbonyl (C=O) groups excluding carboxylic acids is 2. The number of aliphatic carboxylic acids is 1. The summed E-state index contributed by atoms with van der Waals surface area (Å²) in [5.74, 6) is -0.843. The summed E-state index contributed by atoms with van der Waals surface area (Å²) in [4.78, 5) is 33.1. The average Bonchev–Trinajstić information content (AvgIpc) is 2.91. The van der Waals surface area contributed by atoms with Gasteiger partial charge in [-0.3, -0.25) is 14.4 Å². The number of carboxylic acids is 1. The monoisotopic (exact) mass is 346 g/mol. The van der Waals surface area contributed by atoms with Gasteiger partial charge in [0.2, 0.25) is 16.9 Å². The fraction of sp³-hybridized carbons (Fsp3) is 0.583. The van der Waals surface area contributed by atoms with Gasteiger partial charge in [0.15, 0.2) is 4.34 Å². The van der Waals surface area contributed by atoms with Gasteiger partial charge in [-0.15, -0.1) is 10.2 Å². The highest BCUT2D eigenvalue weighted by atomic mass is 32.2. The predicted octanol–water partition coefficient (Wildman–Crippen LogP) is 1.35. The van der Waals surface area contributed by atoms with Crippen LogP contribution in [0.1, 0.15) is 32.1 Å². The van der Waals surface area contributed by atoms with Crippen molar-refractivity contribution in [2.75, 3.05) is 18.1 Å². The lowest BCUT2D eigenvalue weighted by Gasteiger charge is -2.00. The van der Waals surface area contributed by atoms with Gasteiger partial charge in [-0.25, -0.2) is 0 Å². The zero-order chi connectivity index (χ0) is 16.4. The lowest BCUT2D eigenvalue weighted by Crippen LogP contribution is -2.19. The number of anilines is 1. The average molecular weight is 346 g/mol. The molecule has 0 saturated heterocycles. The fourth-order valence-electron chi connectivity index (χ4n) is 1.44. The number of hydrogen-bond acceptors (Lipinski definition) is 7. The summed E-state index contributed by atoms with van der Waals surface area (Å²) >= 11 is 2.47. The maximum absolute atomic E-state index is 11.7. The molecule has 0 atom stereocenters. The molecule has 0 unspecified atom stereocenters.